The van der Waals surface area contributed by atoms with Crippen LogP contribution in [0.5, 0.6) is 5.75 Å². The summed E-state index contributed by atoms with van der Waals surface area (Å²) in [7, 11) is -1.47. The lowest BCUT2D eigenvalue weighted by Gasteiger charge is -2.22. The number of ketones is 1. The predicted molar refractivity (Wildman–Crippen MR) is 148 cm³/mol. The number of sulfonamides is 1. The molecular formula is C29H29N3O8S. The molecule has 0 atom stereocenters. The first-order valence-electron chi connectivity index (χ1n) is 12.4. The highest BCUT2D eigenvalue weighted by Crippen LogP contribution is 2.24. The molecule has 2 aromatic carbocycles. The van der Waals surface area contributed by atoms with Gasteiger partial charge in [0.2, 0.25) is 10.0 Å². The minimum atomic E-state index is -4.19. The van der Waals surface area contributed by atoms with Gasteiger partial charge in [0.25, 0.3) is 5.91 Å². The van der Waals surface area contributed by atoms with Crippen molar-refractivity contribution in [3.05, 3.63) is 107 Å². The Bertz CT molecular complexity index is 1660. The summed E-state index contributed by atoms with van der Waals surface area (Å²) in [5, 5.41) is 0. The van der Waals surface area contributed by atoms with Crippen LogP contribution in [0.2, 0.25) is 0 Å². The highest BCUT2D eigenvalue weighted by Gasteiger charge is 2.30. The van der Waals surface area contributed by atoms with Crippen molar-refractivity contribution in [2.75, 3.05) is 20.8 Å². The molecular weight excluding hydrogens is 550 g/mol. The summed E-state index contributed by atoms with van der Waals surface area (Å²) in [5.41, 5.74) is 7.06. The first kappa shape index (κ1) is 29.3. The van der Waals surface area contributed by atoms with Crippen LogP contribution >= 0.6 is 0 Å². The molecule has 2 N–H and O–H groups in total. The van der Waals surface area contributed by atoms with E-state index in [1.807, 2.05) is 0 Å². The van der Waals surface area contributed by atoms with Gasteiger partial charge in [-0.25, -0.2) is 13.2 Å². The third-order valence-corrected chi connectivity index (χ3v) is 8.37. The van der Waals surface area contributed by atoms with Gasteiger partial charge in [-0.3, -0.25) is 9.59 Å². The van der Waals surface area contributed by atoms with E-state index in [1.54, 1.807) is 35.8 Å². The standard InChI is InChI=1S/C29H29N3O8S/c1-19-25(28(30)34)15-26(32(19)17-23-5-4-14-40-23)27(33)18-31(16-20-6-8-21(9-7-20)29(35)39-3)41(36,37)24-12-10-22(38-2)11-13-24/h4-15H,16-18H2,1-3H3,(H2,30,34). The number of benzene rings is 2. The van der Waals surface area contributed by atoms with Crippen LogP contribution in [-0.4, -0.2) is 55.7 Å². The molecule has 4 aromatic rings. The van der Waals surface area contributed by atoms with Crippen LogP contribution in [-0.2, 0) is 27.8 Å². The number of aromatic nitrogens is 1. The summed E-state index contributed by atoms with van der Waals surface area (Å²) in [6, 6.07) is 16.8. The second-order valence-electron chi connectivity index (χ2n) is 9.12. The summed E-state index contributed by atoms with van der Waals surface area (Å²) in [6.07, 6.45) is 1.49. The van der Waals surface area contributed by atoms with Crippen LogP contribution in [0.4, 0.5) is 0 Å². The predicted octanol–water partition coefficient (Wildman–Crippen LogP) is 3.41. The fraction of sp³-hybridized carbons (Fsp3) is 0.207. The zero-order valence-corrected chi connectivity index (χ0v) is 23.5. The van der Waals surface area contributed by atoms with Gasteiger partial charge in [-0.05, 0) is 67.1 Å². The van der Waals surface area contributed by atoms with E-state index in [0.717, 1.165) is 4.31 Å². The number of esters is 1. The average Bonchev–Trinajstić information content (AvgIpc) is 3.60. The van der Waals surface area contributed by atoms with Crippen LogP contribution in [0.15, 0.2) is 82.3 Å². The molecule has 0 bridgehead atoms. The van der Waals surface area contributed by atoms with E-state index in [4.69, 9.17) is 19.6 Å². The summed E-state index contributed by atoms with van der Waals surface area (Å²) < 4.78 is 45.5. The molecule has 12 heteroatoms. The van der Waals surface area contributed by atoms with Crippen LogP contribution in [0.3, 0.4) is 0 Å². The van der Waals surface area contributed by atoms with Gasteiger partial charge in [-0.2, -0.15) is 4.31 Å². The van der Waals surface area contributed by atoms with Gasteiger partial charge < -0.3 is 24.2 Å². The second kappa shape index (κ2) is 12.2. The van der Waals surface area contributed by atoms with E-state index in [1.165, 1.54) is 62.9 Å². The smallest absolute Gasteiger partial charge is 0.337 e. The lowest BCUT2D eigenvalue weighted by molar-refractivity contribution is 0.0600. The number of nitrogens with two attached hydrogens (primary N) is 1. The highest BCUT2D eigenvalue weighted by molar-refractivity contribution is 7.89. The maximum atomic E-state index is 13.8. The summed E-state index contributed by atoms with van der Waals surface area (Å²) in [5.74, 6) is -0.816. The summed E-state index contributed by atoms with van der Waals surface area (Å²) in [6.45, 7) is 1.05. The Morgan fingerprint density at radius 3 is 2.24 bits per heavy atom. The Labute approximate surface area is 237 Å². The SMILES string of the molecule is COC(=O)c1ccc(CN(CC(=O)c2cc(C(N)=O)c(C)n2Cc2ccco2)S(=O)(=O)c2ccc(OC)cc2)cc1. The van der Waals surface area contributed by atoms with E-state index in [2.05, 4.69) is 0 Å². The van der Waals surface area contributed by atoms with Gasteiger partial charge in [0.05, 0.1) is 55.3 Å². The Kier molecular flexibility index (Phi) is 8.74. The average molecular weight is 580 g/mol. The molecule has 0 aliphatic heterocycles. The number of furan rings is 1. The van der Waals surface area contributed by atoms with Gasteiger partial charge in [-0.15, -0.1) is 0 Å². The number of hydrogen-bond donors (Lipinski definition) is 1. The van der Waals surface area contributed by atoms with Crippen molar-refractivity contribution in [1.82, 2.24) is 8.87 Å². The van der Waals surface area contributed by atoms with Crippen molar-refractivity contribution < 1.29 is 36.7 Å². The first-order valence-corrected chi connectivity index (χ1v) is 13.9. The molecule has 0 radical (unpaired) electrons. The number of carbonyl (C=O) groups is 3. The molecule has 11 nitrogen and oxygen atoms in total. The molecule has 2 aromatic heterocycles. The number of carbonyl (C=O) groups excluding carboxylic acids is 3. The minimum Gasteiger partial charge on any atom is -0.497 e. The van der Waals surface area contributed by atoms with Gasteiger partial charge in [-0.1, -0.05) is 12.1 Å². The van der Waals surface area contributed by atoms with Crippen molar-refractivity contribution in [2.24, 2.45) is 5.73 Å². The lowest BCUT2D eigenvalue weighted by atomic mass is 10.1. The molecule has 1 amide bonds. The fourth-order valence-corrected chi connectivity index (χ4v) is 5.70. The number of hydrogen-bond acceptors (Lipinski definition) is 8. The maximum Gasteiger partial charge on any atom is 0.337 e. The van der Waals surface area contributed by atoms with Crippen LogP contribution in [0, 0.1) is 6.92 Å². The number of nitrogens with zero attached hydrogens (tertiary/aromatic N) is 2. The largest absolute Gasteiger partial charge is 0.497 e. The molecule has 214 valence electrons. The number of amides is 1. The summed E-state index contributed by atoms with van der Waals surface area (Å²) in [4.78, 5) is 37.6. The Morgan fingerprint density at radius 2 is 1.68 bits per heavy atom. The van der Waals surface area contributed by atoms with Crippen LogP contribution in [0.1, 0.15) is 48.2 Å². The maximum absolute atomic E-state index is 13.8. The van der Waals surface area contributed by atoms with E-state index in [0.29, 0.717) is 28.3 Å². The van der Waals surface area contributed by atoms with E-state index >= 15 is 0 Å². The quantitative estimate of drug-likeness (QED) is 0.198. The molecule has 4 rings (SSSR count). The van der Waals surface area contributed by atoms with E-state index in [9.17, 15) is 22.8 Å². The molecule has 0 unspecified atom stereocenters. The van der Waals surface area contributed by atoms with Crippen molar-refractivity contribution >= 4 is 27.7 Å². The molecule has 2 heterocycles. The number of Topliss-reactive ketones (excluding diaryl/α,β-unsaturated/α-hetero) is 1. The lowest BCUT2D eigenvalue weighted by Crippen LogP contribution is -2.36. The van der Waals surface area contributed by atoms with Crippen molar-refractivity contribution in [2.45, 2.75) is 24.9 Å². The number of ether oxygens (including phenoxy) is 2. The molecule has 0 aliphatic rings. The van der Waals surface area contributed by atoms with Gasteiger partial charge >= 0.3 is 5.97 Å². The van der Waals surface area contributed by atoms with Crippen molar-refractivity contribution in [3.8, 4) is 5.75 Å². The second-order valence-corrected chi connectivity index (χ2v) is 11.1. The van der Waals surface area contributed by atoms with Gasteiger partial charge in [0.15, 0.2) is 5.78 Å². The Hall–Kier alpha value is -4.68. The van der Waals surface area contributed by atoms with Crippen LogP contribution < -0.4 is 10.5 Å². The molecule has 0 spiro atoms. The Morgan fingerprint density at radius 1 is 1.00 bits per heavy atom. The van der Waals surface area contributed by atoms with Crippen molar-refractivity contribution in [1.29, 1.82) is 0 Å². The normalized spacial score (nSPS) is 11.4. The third kappa shape index (κ3) is 6.39. The van der Waals surface area contributed by atoms with Gasteiger partial charge in [0, 0.05) is 12.2 Å². The summed E-state index contributed by atoms with van der Waals surface area (Å²) >= 11 is 0. The zero-order valence-electron chi connectivity index (χ0n) is 22.7. The minimum absolute atomic E-state index is 0.0442. The van der Waals surface area contributed by atoms with Crippen LogP contribution in [0.25, 0.3) is 0 Å². The number of rotatable bonds is 12. The third-order valence-electron chi connectivity index (χ3n) is 6.56. The van der Waals surface area contributed by atoms with Gasteiger partial charge in [0.1, 0.15) is 11.5 Å². The molecule has 0 saturated heterocycles. The topological polar surface area (TPSA) is 151 Å². The molecule has 0 saturated carbocycles. The number of primary amides is 1. The van der Waals surface area contributed by atoms with E-state index in [-0.39, 0.29) is 29.2 Å². The monoisotopic (exact) mass is 579 g/mol. The first-order chi connectivity index (χ1) is 19.5. The molecule has 0 aliphatic carbocycles. The molecule has 0 fully saturated rings. The van der Waals surface area contributed by atoms with E-state index < -0.39 is 34.2 Å². The van der Waals surface area contributed by atoms with Crippen molar-refractivity contribution in [3.63, 3.8) is 0 Å². The molecule has 41 heavy (non-hydrogen) atoms. The highest BCUT2D eigenvalue weighted by atomic mass is 32.2. The zero-order chi connectivity index (χ0) is 29.7. The fourth-order valence-electron chi connectivity index (χ4n) is 4.32. The number of methoxy groups -OCH3 is 2. The Balaban J connectivity index is 1.72.